The Morgan fingerprint density at radius 2 is 1.89 bits per heavy atom. The molecule has 3 aromatic rings. The van der Waals surface area contributed by atoms with Crippen LogP contribution in [0.25, 0.3) is 11.0 Å². The van der Waals surface area contributed by atoms with Crippen LogP contribution in [0.5, 0.6) is 0 Å². The largest absolute Gasteiger partial charge is 0.383 e. The molecule has 1 fully saturated rings. The van der Waals surface area contributed by atoms with Gasteiger partial charge < -0.3 is 9.30 Å². The summed E-state index contributed by atoms with van der Waals surface area (Å²) in [6.45, 7) is 7.88. The molecule has 0 aliphatic carbocycles. The normalized spacial score (nSPS) is 17.6. The van der Waals surface area contributed by atoms with E-state index in [1.807, 2.05) is 12.1 Å². The molecule has 1 aliphatic rings. The van der Waals surface area contributed by atoms with Gasteiger partial charge in [0.1, 0.15) is 5.82 Å². The third kappa shape index (κ3) is 3.82. The van der Waals surface area contributed by atoms with Crippen molar-refractivity contribution in [2.45, 2.75) is 45.8 Å². The number of hydrogen-bond acceptors (Lipinski definition) is 3. The van der Waals surface area contributed by atoms with Crippen molar-refractivity contribution < 1.29 is 4.74 Å². The van der Waals surface area contributed by atoms with Crippen molar-refractivity contribution >= 4 is 22.6 Å². The molecule has 0 bridgehead atoms. The second kappa shape index (κ2) is 8.24. The van der Waals surface area contributed by atoms with Gasteiger partial charge in [-0.3, -0.25) is 4.90 Å². The number of ether oxygens (including phenoxy) is 1. The minimum Gasteiger partial charge on any atom is -0.383 e. The maximum atomic E-state index is 6.08. The lowest BCUT2D eigenvalue weighted by Gasteiger charge is -2.23. The first-order valence-electron chi connectivity index (χ1n) is 9.99. The molecule has 0 N–H and O–H groups in total. The molecule has 4 rings (SSSR count). The lowest BCUT2D eigenvalue weighted by Crippen LogP contribution is -2.33. The summed E-state index contributed by atoms with van der Waals surface area (Å²) < 4.78 is 7.81. The highest BCUT2D eigenvalue weighted by Crippen LogP contribution is 2.27. The molecule has 2 aromatic carbocycles. The van der Waals surface area contributed by atoms with E-state index in [4.69, 9.17) is 21.3 Å². The molecule has 1 aliphatic heterocycles. The number of imidazole rings is 1. The van der Waals surface area contributed by atoms with Gasteiger partial charge in [-0.2, -0.15) is 0 Å². The average Bonchev–Trinajstić information content (AvgIpc) is 3.26. The molecule has 1 atom stereocenters. The summed E-state index contributed by atoms with van der Waals surface area (Å²) in [6, 6.07) is 13.0. The van der Waals surface area contributed by atoms with E-state index in [9.17, 15) is 0 Å². The summed E-state index contributed by atoms with van der Waals surface area (Å²) in [5.74, 6) is 1.13. The fraction of sp³-hybridized carbons (Fsp3) is 0.435. The highest BCUT2D eigenvalue weighted by atomic mass is 35.5. The molecule has 0 amide bonds. The average molecular weight is 398 g/mol. The molecule has 0 saturated carbocycles. The Hall–Kier alpha value is -1.88. The first-order chi connectivity index (χ1) is 13.6. The minimum absolute atomic E-state index is 0.483. The van der Waals surface area contributed by atoms with Gasteiger partial charge in [0.05, 0.1) is 24.2 Å². The molecular weight excluding hydrogens is 370 g/mol. The van der Waals surface area contributed by atoms with Crippen molar-refractivity contribution in [2.24, 2.45) is 0 Å². The van der Waals surface area contributed by atoms with Crippen LogP contribution in [0.4, 0.5) is 0 Å². The van der Waals surface area contributed by atoms with Crippen molar-refractivity contribution in [3.05, 3.63) is 63.9 Å². The second-order valence-electron chi connectivity index (χ2n) is 7.84. The Bertz CT molecular complexity index is 964. The van der Waals surface area contributed by atoms with Gasteiger partial charge in [0.2, 0.25) is 0 Å². The first kappa shape index (κ1) is 19.4. The summed E-state index contributed by atoms with van der Waals surface area (Å²) in [7, 11) is 1.79. The maximum Gasteiger partial charge on any atom is 0.124 e. The standard InChI is InChI=1S/C23H28ClN3O/c1-16-6-11-21-23(17(16)2)25-22(14-26-12-4-5-20(26)15-28-3)27(21)13-18-7-9-19(24)10-8-18/h6-11,20H,4-5,12-15H2,1-3H3. The van der Waals surface area contributed by atoms with Crippen LogP contribution in [0.3, 0.4) is 0 Å². The SMILES string of the molecule is COCC1CCCN1Cc1nc2c(C)c(C)ccc2n1Cc1ccc(Cl)cc1. The van der Waals surface area contributed by atoms with Gasteiger partial charge in [0.25, 0.3) is 0 Å². The summed E-state index contributed by atoms with van der Waals surface area (Å²) >= 11 is 6.08. The predicted molar refractivity (Wildman–Crippen MR) is 115 cm³/mol. The molecule has 0 spiro atoms. The van der Waals surface area contributed by atoms with Crippen LogP contribution in [0.15, 0.2) is 36.4 Å². The topological polar surface area (TPSA) is 30.3 Å². The molecule has 1 unspecified atom stereocenters. The number of aromatic nitrogens is 2. The van der Waals surface area contributed by atoms with Crippen molar-refractivity contribution in [2.75, 3.05) is 20.3 Å². The monoisotopic (exact) mass is 397 g/mol. The first-order valence-corrected chi connectivity index (χ1v) is 10.4. The highest BCUT2D eigenvalue weighted by Gasteiger charge is 2.26. The van der Waals surface area contributed by atoms with E-state index in [-0.39, 0.29) is 0 Å². The molecule has 0 radical (unpaired) electrons. The number of fused-ring (bicyclic) bond motifs is 1. The molecule has 1 saturated heterocycles. The summed E-state index contributed by atoms with van der Waals surface area (Å²) in [6.07, 6.45) is 2.42. The number of likely N-dealkylation sites (tertiary alicyclic amines) is 1. The van der Waals surface area contributed by atoms with Crippen molar-refractivity contribution in [3.63, 3.8) is 0 Å². The lowest BCUT2D eigenvalue weighted by molar-refractivity contribution is 0.110. The van der Waals surface area contributed by atoms with Crippen molar-refractivity contribution in [1.29, 1.82) is 0 Å². The van der Waals surface area contributed by atoms with Crippen LogP contribution < -0.4 is 0 Å². The Morgan fingerprint density at radius 1 is 1.11 bits per heavy atom. The number of rotatable bonds is 6. The molecule has 1 aromatic heterocycles. The number of benzene rings is 2. The van der Waals surface area contributed by atoms with E-state index in [1.165, 1.54) is 35.0 Å². The Morgan fingerprint density at radius 3 is 2.64 bits per heavy atom. The molecule has 148 valence electrons. The second-order valence-corrected chi connectivity index (χ2v) is 8.27. The molecule has 5 heteroatoms. The Kier molecular flexibility index (Phi) is 5.72. The van der Waals surface area contributed by atoms with Crippen molar-refractivity contribution in [3.8, 4) is 0 Å². The fourth-order valence-corrected chi connectivity index (χ4v) is 4.34. The smallest absolute Gasteiger partial charge is 0.124 e. The van der Waals surface area contributed by atoms with Gasteiger partial charge in [-0.05, 0) is 68.1 Å². The fourth-order valence-electron chi connectivity index (χ4n) is 4.21. The van der Waals surface area contributed by atoms with Crippen LogP contribution in [-0.2, 0) is 17.8 Å². The van der Waals surface area contributed by atoms with E-state index < -0.39 is 0 Å². The van der Waals surface area contributed by atoms with E-state index >= 15 is 0 Å². The third-order valence-electron chi connectivity index (χ3n) is 5.98. The van der Waals surface area contributed by atoms with Crippen LogP contribution in [0.2, 0.25) is 5.02 Å². The highest BCUT2D eigenvalue weighted by molar-refractivity contribution is 6.30. The predicted octanol–water partition coefficient (Wildman–Crippen LogP) is 4.97. The minimum atomic E-state index is 0.483. The van der Waals surface area contributed by atoms with E-state index in [1.54, 1.807) is 7.11 Å². The molecule has 4 nitrogen and oxygen atoms in total. The number of aryl methyl sites for hydroxylation is 2. The van der Waals surface area contributed by atoms with Gasteiger partial charge in [0, 0.05) is 24.7 Å². The maximum absolute atomic E-state index is 6.08. The zero-order valence-corrected chi connectivity index (χ0v) is 17.7. The summed E-state index contributed by atoms with van der Waals surface area (Å²) in [5, 5.41) is 0.769. The van der Waals surface area contributed by atoms with Gasteiger partial charge in [-0.25, -0.2) is 4.98 Å². The van der Waals surface area contributed by atoms with Gasteiger partial charge in [-0.1, -0.05) is 29.8 Å². The third-order valence-corrected chi connectivity index (χ3v) is 6.23. The zero-order chi connectivity index (χ0) is 19.7. The van der Waals surface area contributed by atoms with E-state index in [0.29, 0.717) is 6.04 Å². The number of halogens is 1. The number of nitrogens with zero attached hydrogens (tertiary/aromatic N) is 3. The molecule has 2 heterocycles. The van der Waals surface area contributed by atoms with Crippen LogP contribution >= 0.6 is 11.6 Å². The number of methoxy groups -OCH3 is 1. The van der Waals surface area contributed by atoms with E-state index in [2.05, 4.69) is 47.6 Å². The number of hydrogen-bond donors (Lipinski definition) is 0. The van der Waals surface area contributed by atoms with E-state index in [0.717, 1.165) is 42.6 Å². The van der Waals surface area contributed by atoms with Gasteiger partial charge >= 0.3 is 0 Å². The van der Waals surface area contributed by atoms with Crippen LogP contribution in [0, 0.1) is 13.8 Å². The van der Waals surface area contributed by atoms with Gasteiger partial charge in [0.15, 0.2) is 0 Å². The van der Waals surface area contributed by atoms with Crippen molar-refractivity contribution in [1.82, 2.24) is 14.5 Å². The Labute approximate surface area is 172 Å². The van der Waals surface area contributed by atoms with Gasteiger partial charge in [-0.15, -0.1) is 0 Å². The summed E-state index contributed by atoms with van der Waals surface area (Å²) in [4.78, 5) is 7.62. The zero-order valence-electron chi connectivity index (χ0n) is 16.9. The molecular formula is C23H28ClN3O. The quantitative estimate of drug-likeness (QED) is 0.588. The summed E-state index contributed by atoms with van der Waals surface area (Å²) in [5.41, 5.74) is 6.11. The Balaban J connectivity index is 1.73. The molecule has 28 heavy (non-hydrogen) atoms. The van der Waals surface area contributed by atoms with Crippen LogP contribution in [0.1, 0.15) is 35.4 Å². The lowest BCUT2D eigenvalue weighted by atomic mass is 10.1. The van der Waals surface area contributed by atoms with Crippen LogP contribution in [-0.4, -0.2) is 40.8 Å².